The van der Waals surface area contributed by atoms with Crippen LogP contribution in [0.4, 0.5) is 4.39 Å². The first-order valence-corrected chi connectivity index (χ1v) is 9.47. The van der Waals surface area contributed by atoms with Gasteiger partial charge in [0.1, 0.15) is 18.2 Å². The van der Waals surface area contributed by atoms with E-state index in [9.17, 15) is 9.18 Å². The maximum absolute atomic E-state index is 13.1. The number of aromatic nitrogens is 3. The van der Waals surface area contributed by atoms with Gasteiger partial charge in [0.2, 0.25) is 5.16 Å². The Bertz CT molecular complexity index is 962. The number of amides is 1. The maximum Gasteiger partial charge on any atom is 0.252 e. The molecule has 4 rings (SSSR count). The van der Waals surface area contributed by atoms with E-state index in [1.54, 1.807) is 46.1 Å². The van der Waals surface area contributed by atoms with Crippen molar-refractivity contribution in [2.24, 2.45) is 0 Å². The number of rotatable bonds is 5. The molecular weight excluding hydrogens is 391 g/mol. The van der Waals surface area contributed by atoms with E-state index >= 15 is 0 Å². The summed E-state index contributed by atoms with van der Waals surface area (Å²) in [6, 6.07) is 13.0. The van der Waals surface area contributed by atoms with Crippen molar-refractivity contribution in [3.63, 3.8) is 0 Å². The van der Waals surface area contributed by atoms with Crippen LogP contribution in [0.25, 0.3) is 0 Å². The van der Waals surface area contributed by atoms with Gasteiger partial charge in [0.25, 0.3) is 5.91 Å². The Hall–Kier alpha value is -2.58. The molecule has 0 aliphatic carbocycles. The fraction of sp³-hybridized carbons (Fsp3) is 0.167. The van der Waals surface area contributed by atoms with E-state index in [2.05, 4.69) is 10.2 Å². The molecular formula is C18H14ClFN4O2S. The van der Waals surface area contributed by atoms with Crippen LogP contribution >= 0.6 is 23.4 Å². The first kappa shape index (κ1) is 17.8. The summed E-state index contributed by atoms with van der Waals surface area (Å²) in [4.78, 5) is 12.5. The molecule has 0 bridgehead atoms. The van der Waals surface area contributed by atoms with Gasteiger partial charge in [-0.1, -0.05) is 35.5 Å². The summed E-state index contributed by atoms with van der Waals surface area (Å²) >= 11 is 7.20. The number of ether oxygens (including phenoxy) is 1. The summed E-state index contributed by atoms with van der Waals surface area (Å²) in [6.07, 6.45) is 0. The molecule has 27 heavy (non-hydrogen) atoms. The van der Waals surface area contributed by atoms with Crippen molar-refractivity contribution in [2.45, 2.75) is 18.3 Å². The van der Waals surface area contributed by atoms with Crippen LogP contribution in [-0.4, -0.2) is 26.5 Å². The van der Waals surface area contributed by atoms with Crippen LogP contribution in [-0.2, 0) is 17.9 Å². The lowest BCUT2D eigenvalue weighted by Crippen LogP contribution is -2.45. The minimum Gasteiger partial charge on any atom is -0.486 e. The molecule has 0 fully saturated rings. The molecule has 1 aromatic heterocycles. The van der Waals surface area contributed by atoms with Crippen molar-refractivity contribution >= 4 is 29.3 Å². The highest BCUT2D eigenvalue weighted by Gasteiger charge is 2.29. The Balaban J connectivity index is 1.57. The summed E-state index contributed by atoms with van der Waals surface area (Å²) in [7, 11) is 0. The van der Waals surface area contributed by atoms with Crippen molar-refractivity contribution < 1.29 is 13.9 Å². The van der Waals surface area contributed by atoms with Gasteiger partial charge in [-0.2, -0.15) is 0 Å². The predicted octanol–water partition coefficient (Wildman–Crippen LogP) is 3.42. The van der Waals surface area contributed by atoms with Crippen molar-refractivity contribution in [3.8, 4) is 5.75 Å². The minimum atomic E-state index is -0.318. The summed E-state index contributed by atoms with van der Waals surface area (Å²) in [5.74, 6) is 1.02. The number of benzene rings is 2. The van der Waals surface area contributed by atoms with E-state index < -0.39 is 0 Å². The molecule has 0 N–H and O–H groups in total. The van der Waals surface area contributed by atoms with Crippen molar-refractivity contribution in [2.75, 3.05) is 10.8 Å². The molecule has 138 valence electrons. The maximum atomic E-state index is 13.1. The standard InChI is InChI=1S/C18H14ClFN4O2S/c19-13-3-7-15(8-4-13)26-10-16-21-22-18-24(16)23(17(25)11-27-18)9-12-1-5-14(20)6-2-12/h1-8H,9-11H2. The summed E-state index contributed by atoms with van der Waals surface area (Å²) in [5.41, 5.74) is 0.806. The van der Waals surface area contributed by atoms with Crippen LogP contribution in [0.3, 0.4) is 0 Å². The SMILES string of the molecule is O=C1CSc2nnc(COc3ccc(Cl)cc3)n2N1Cc1ccc(F)cc1. The predicted molar refractivity (Wildman–Crippen MR) is 99.9 cm³/mol. The van der Waals surface area contributed by atoms with Crippen LogP contribution in [0, 0.1) is 5.82 Å². The molecule has 2 heterocycles. The summed E-state index contributed by atoms with van der Waals surface area (Å²) in [6.45, 7) is 0.432. The Morgan fingerprint density at radius 2 is 1.85 bits per heavy atom. The zero-order valence-corrected chi connectivity index (χ0v) is 15.6. The number of carbonyl (C=O) groups is 1. The number of thioether (sulfide) groups is 1. The third kappa shape index (κ3) is 3.91. The second kappa shape index (κ2) is 7.58. The van der Waals surface area contributed by atoms with Crippen LogP contribution < -0.4 is 9.75 Å². The Morgan fingerprint density at radius 1 is 1.11 bits per heavy atom. The molecule has 0 radical (unpaired) electrons. The van der Waals surface area contributed by atoms with E-state index in [-0.39, 0.29) is 24.1 Å². The number of hydrogen-bond acceptors (Lipinski definition) is 5. The largest absolute Gasteiger partial charge is 0.486 e. The summed E-state index contributed by atoms with van der Waals surface area (Å²) in [5, 5.41) is 11.1. The van der Waals surface area contributed by atoms with Crippen LogP contribution in [0.1, 0.15) is 11.4 Å². The topological polar surface area (TPSA) is 60.2 Å². The van der Waals surface area contributed by atoms with Gasteiger partial charge < -0.3 is 4.74 Å². The third-order valence-electron chi connectivity index (χ3n) is 3.96. The van der Waals surface area contributed by atoms with Gasteiger partial charge in [0, 0.05) is 5.02 Å². The average Bonchev–Trinajstić information content (AvgIpc) is 3.08. The lowest BCUT2D eigenvalue weighted by molar-refractivity contribution is -0.118. The van der Waals surface area contributed by atoms with Crippen LogP contribution in [0.15, 0.2) is 53.7 Å². The number of fused-ring (bicyclic) bond motifs is 1. The van der Waals surface area contributed by atoms with Gasteiger partial charge in [-0.3, -0.25) is 4.79 Å². The Morgan fingerprint density at radius 3 is 2.59 bits per heavy atom. The molecule has 6 nitrogen and oxygen atoms in total. The van der Waals surface area contributed by atoms with E-state index in [4.69, 9.17) is 16.3 Å². The number of hydrogen-bond donors (Lipinski definition) is 0. The van der Waals surface area contributed by atoms with E-state index in [0.717, 1.165) is 5.56 Å². The van der Waals surface area contributed by atoms with Crippen LogP contribution in [0.2, 0.25) is 5.02 Å². The van der Waals surface area contributed by atoms with E-state index in [0.29, 0.717) is 28.3 Å². The Kier molecular flexibility index (Phi) is 5.00. The minimum absolute atomic E-state index is 0.0793. The molecule has 9 heteroatoms. The molecule has 2 aromatic carbocycles. The molecule has 1 aliphatic rings. The molecule has 0 saturated carbocycles. The highest BCUT2D eigenvalue weighted by atomic mass is 35.5. The fourth-order valence-electron chi connectivity index (χ4n) is 2.63. The summed E-state index contributed by atoms with van der Waals surface area (Å²) < 4.78 is 20.6. The van der Waals surface area contributed by atoms with E-state index in [1.807, 2.05) is 0 Å². The van der Waals surface area contributed by atoms with Gasteiger partial charge in [-0.05, 0) is 42.0 Å². The highest BCUT2D eigenvalue weighted by molar-refractivity contribution is 7.99. The average molecular weight is 405 g/mol. The van der Waals surface area contributed by atoms with Gasteiger partial charge in [0.15, 0.2) is 5.82 Å². The second-order valence-electron chi connectivity index (χ2n) is 5.82. The highest BCUT2D eigenvalue weighted by Crippen LogP contribution is 2.25. The second-order valence-corrected chi connectivity index (χ2v) is 7.20. The lowest BCUT2D eigenvalue weighted by atomic mass is 10.2. The van der Waals surface area contributed by atoms with Gasteiger partial charge in [0.05, 0.1) is 12.3 Å². The van der Waals surface area contributed by atoms with E-state index in [1.165, 1.54) is 23.9 Å². The van der Waals surface area contributed by atoms with Gasteiger partial charge in [-0.25, -0.2) is 14.1 Å². The van der Waals surface area contributed by atoms with Crippen LogP contribution in [0.5, 0.6) is 5.75 Å². The first-order chi connectivity index (χ1) is 13.1. The van der Waals surface area contributed by atoms with Gasteiger partial charge in [-0.15, -0.1) is 10.2 Å². The molecule has 0 spiro atoms. The zero-order valence-electron chi connectivity index (χ0n) is 14.0. The monoisotopic (exact) mass is 404 g/mol. The fourth-order valence-corrected chi connectivity index (χ4v) is 3.58. The molecule has 3 aromatic rings. The van der Waals surface area contributed by atoms with Crippen molar-refractivity contribution in [3.05, 3.63) is 70.8 Å². The number of carbonyl (C=O) groups excluding carboxylic acids is 1. The Labute approximate surface area is 163 Å². The first-order valence-electron chi connectivity index (χ1n) is 8.11. The molecule has 0 atom stereocenters. The quantitative estimate of drug-likeness (QED) is 0.652. The molecule has 1 amide bonds. The number of halogens is 2. The molecule has 1 aliphatic heterocycles. The lowest BCUT2D eigenvalue weighted by Gasteiger charge is -2.29. The number of nitrogens with zero attached hydrogens (tertiary/aromatic N) is 4. The van der Waals surface area contributed by atoms with Crippen molar-refractivity contribution in [1.82, 2.24) is 14.9 Å². The molecule has 0 unspecified atom stereocenters. The molecule has 0 saturated heterocycles. The van der Waals surface area contributed by atoms with Gasteiger partial charge >= 0.3 is 0 Å². The third-order valence-corrected chi connectivity index (χ3v) is 5.11. The zero-order chi connectivity index (χ0) is 18.8. The normalized spacial score (nSPS) is 13.6. The smallest absolute Gasteiger partial charge is 0.252 e. The van der Waals surface area contributed by atoms with Crippen molar-refractivity contribution in [1.29, 1.82) is 0 Å².